The predicted octanol–water partition coefficient (Wildman–Crippen LogP) is 2.66. The van der Waals surface area contributed by atoms with Crippen molar-refractivity contribution in [2.24, 2.45) is 0 Å². The molecule has 1 radical (unpaired) electrons. The lowest BCUT2D eigenvalue weighted by Gasteiger charge is -2.05. The van der Waals surface area contributed by atoms with Gasteiger partial charge >= 0.3 is 0 Å². The predicted molar refractivity (Wildman–Crippen MR) is 66.7 cm³/mol. The Bertz CT molecular complexity index is 465. The van der Waals surface area contributed by atoms with Gasteiger partial charge in [-0.15, -0.1) is 0 Å². The van der Waals surface area contributed by atoms with Gasteiger partial charge < -0.3 is 0 Å². The molecule has 0 heterocycles. The number of halogens is 1. The second-order valence-electron chi connectivity index (χ2n) is 3.89. The molecule has 2 rings (SSSR count). The minimum atomic E-state index is -0.166. The molecular formula is C14H13BF. The monoisotopic (exact) mass is 211 g/mol. The average molecular weight is 211 g/mol. The highest BCUT2D eigenvalue weighted by atomic mass is 19.1. The summed E-state index contributed by atoms with van der Waals surface area (Å²) in [5.41, 5.74) is 3.38. The van der Waals surface area contributed by atoms with E-state index in [0.717, 1.165) is 11.9 Å². The first-order valence-electron chi connectivity index (χ1n) is 5.39. The van der Waals surface area contributed by atoms with E-state index in [-0.39, 0.29) is 5.82 Å². The maximum absolute atomic E-state index is 12.9. The molecule has 16 heavy (non-hydrogen) atoms. The third-order valence-electron chi connectivity index (χ3n) is 2.66. The second-order valence-corrected chi connectivity index (χ2v) is 3.89. The molecule has 0 amide bonds. The van der Waals surface area contributed by atoms with Crippen molar-refractivity contribution in [3.05, 3.63) is 65.5 Å². The summed E-state index contributed by atoms with van der Waals surface area (Å²) in [4.78, 5) is 0. The fraction of sp³-hybridized carbons (Fsp3) is 0.143. The first-order valence-corrected chi connectivity index (χ1v) is 5.39. The lowest BCUT2D eigenvalue weighted by Crippen LogP contribution is -2.16. The van der Waals surface area contributed by atoms with Crippen molar-refractivity contribution in [2.45, 2.75) is 13.2 Å². The van der Waals surface area contributed by atoms with Gasteiger partial charge in [-0.2, -0.15) is 0 Å². The highest BCUT2D eigenvalue weighted by Gasteiger charge is 2.01. The van der Waals surface area contributed by atoms with E-state index < -0.39 is 0 Å². The van der Waals surface area contributed by atoms with Crippen LogP contribution in [0.3, 0.4) is 0 Å². The van der Waals surface area contributed by atoms with Gasteiger partial charge in [-0.1, -0.05) is 47.4 Å². The van der Waals surface area contributed by atoms with E-state index in [1.54, 1.807) is 6.07 Å². The molecular weight excluding hydrogens is 198 g/mol. The zero-order valence-corrected chi connectivity index (χ0v) is 9.28. The highest BCUT2D eigenvalue weighted by Crippen LogP contribution is 2.10. The Morgan fingerprint density at radius 1 is 1.06 bits per heavy atom. The fourth-order valence-electron chi connectivity index (χ4n) is 1.71. The van der Waals surface area contributed by atoms with Gasteiger partial charge in [0.05, 0.1) is 0 Å². The standard InChI is InChI=1S/C14H13BF/c1-11-9-14(16)8-7-12(11)10-15-13-5-3-2-4-6-13/h2-9H,10H2,1H3. The van der Waals surface area contributed by atoms with Crippen LogP contribution in [-0.2, 0) is 6.32 Å². The Balaban J connectivity index is 2.05. The molecule has 79 valence electrons. The van der Waals surface area contributed by atoms with Crippen LogP contribution in [0.2, 0.25) is 0 Å². The molecule has 0 N–H and O–H groups in total. The summed E-state index contributed by atoms with van der Waals surface area (Å²) in [6, 6.07) is 15.1. The number of hydrogen-bond donors (Lipinski definition) is 0. The van der Waals surface area contributed by atoms with Gasteiger partial charge in [-0.25, -0.2) is 4.39 Å². The zero-order valence-electron chi connectivity index (χ0n) is 9.28. The summed E-state index contributed by atoms with van der Waals surface area (Å²) in [6.45, 7) is 1.94. The Hall–Kier alpha value is -1.57. The summed E-state index contributed by atoms with van der Waals surface area (Å²) in [7, 11) is 2.15. The molecule has 2 aromatic carbocycles. The fourth-order valence-corrected chi connectivity index (χ4v) is 1.71. The first-order chi connectivity index (χ1) is 7.75. The number of benzene rings is 2. The first kappa shape index (κ1) is 10.9. The normalized spacial score (nSPS) is 10.1. The lowest BCUT2D eigenvalue weighted by atomic mass is 9.65. The van der Waals surface area contributed by atoms with Gasteiger partial charge in [-0.3, -0.25) is 0 Å². The minimum absolute atomic E-state index is 0.166. The van der Waals surface area contributed by atoms with Crippen LogP contribution in [-0.4, -0.2) is 7.28 Å². The Morgan fingerprint density at radius 3 is 2.50 bits per heavy atom. The molecule has 0 fully saturated rings. The van der Waals surface area contributed by atoms with Crippen molar-refractivity contribution in [3.63, 3.8) is 0 Å². The average Bonchev–Trinajstić information content (AvgIpc) is 2.29. The van der Waals surface area contributed by atoms with E-state index in [1.165, 1.54) is 17.1 Å². The van der Waals surface area contributed by atoms with Crippen molar-refractivity contribution in [1.82, 2.24) is 0 Å². The van der Waals surface area contributed by atoms with Crippen LogP contribution in [0.1, 0.15) is 11.1 Å². The molecule has 0 unspecified atom stereocenters. The van der Waals surface area contributed by atoms with Crippen LogP contribution in [0, 0.1) is 12.7 Å². The van der Waals surface area contributed by atoms with Crippen molar-refractivity contribution in [3.8, 4) is 0 Å². The Labute approximate surface area is 96.4 Å². The van der Waals surface area contributed by atoms with Gasteiger partial charge in [0.25, 0.3) is 0 Å². The van der Waals surface area contributed by atoms with Gasteiger partial charge in [-0.05, 0) is 30.9 Å². The van der Waals surface area contributed by atoms with E-state index in [2.05, 4.69) is 19.4 Å². The Kier molecular flexibility index (Phi) is 3.40. The van der Waals surface area contributed by atoms with E-state index in [9.17, 15) is 4.39 Å². The van der Waals surface area contributed by atoms with Crippen molar-refractivity contribution >= 4 is 12.7 Å². The molecule has 0 aromatic heterocycles. The maximum Gasteiger partial charge on any atom is 0.156 e. The van der Waals surface area contributed by atoms with Crippen LogP contribution in [0.25, 0.3) is 0 Å². The topological polar surface area (TPSA) is 0 Å². The summed E-state index contributed by atoms with van der Waals surface area (Å²) in [5, 5.41) is 0. The molecule has 0 spiro atoms. The van der Waals surface area contributed by atoms with Crippen LogP contribution in [0.15, 0.2) is 48.5 Å². The molecule has 2 heteroatoms. The van der Waals surface area contributed by atoms with E-state index in [0.29, 0.717) is 0 Å². The quantitative estimate of drug-likeness (QED) is 0.684. The third-order valence-corrected chi connectivity index (χ3v) is 2.66. The number of rotatable bonds is 3. The number of aryl methyl sites for hydroxylation is 1. The smallest absolute Gasteiger partial charge is 0.156 e. The Morgan fingerprint density at radius 2 is 1.81 bits per heavy atom. The van der Waals surface area contributed by atoms with Crippen LogP contribution >= 0.6 is 0 Å². The third kappa shape index (κ3) is 2.72. The SMILES string of the molecule is Cc1cc(F)ccc1C[B]c1ccccc1. The highest BCUT2D eigenvalue weighted by molar-refractivity contribution is 6.52. The molecule has 2 aromatic rings. The lowest BCUT2D eigenvalue weighted by molar-refractivity contribution is 0.626. The van der Waals surface area contributed by atoms with Gasteiger partial charge in [0, 0.05) is 0 Å². The van der Waals surface area contributed by atoms with Crippen LogP contribution in [0.5, 0.6) is 0 Å². The zero-order chi connectivity index (χ0) is 11.4. The molecule has 0 bridgehead atoms. The van der Waals surface area contributed by atoms with Crippen LogP contribution in [0.4, 0.5) is 4.39 Å². The largest absolute Gasteiger partial charge is 0.207 e. The van der Waals surface area contributed by atoms with Gasteiger partial charge in [0.2, 0.25) is 0 Å². The van der Waals surface area contributed by atoms with Gasteiger partial charge in [0.1, 0.15) is 5.82 Å². The summed E-state index contributed by atoms with van der Waals surface area (Å²) < 4.78 is 12.9. The van der Waals surface area contributed by atoms with Crippen molar-refractivity contribution in [2.75, 3.05) is 0 Å². The van der Waals surface area contributed by atoms with Gasteiger partial charge in [0.15, 0.2) is 7.28 Å². The molecule has 0 atom stereocenters. The van der Waals surface area contributed by atoms with E-state index in [4.69, 9.17) is 0 Å². The molecule has 0 aliphatic heterocycles. The maximum atomic E-state index is 12.9. The molecule has 0 saturated carbocycles. The summed E-state index contributed by atoms with van der Waals surface area (Å²) >= 11 is 0. The minimum Gasteiger partial charge on any atom is -0.207 e. The molecule has 0 aliphatic carbocycles. The van der Waals surface area contributed by atoms with E-state index >= 15 is 0 Å². The molecule has 0 saturated heterocycles. The second kappa shape index (κ2) is 4.97. The summed E-state index contributed by atoms with van der Waals surface area (Å²) in [6.07, 6.45) is 0.843. The molecule has 0 nitrogen and oxygen atoms in total. The summed E-state index contributed by atoms with van der Waals surface area (Å²) in [5.74, 6) is -0.166. The van der Waals surface area contributed by atoms with Crippen molar-refractivity contribution < 1.29 is 4.39 Å². The number of hydrogen-bond acceptors (Lipinski definition) is 0. The molecule has 0 aliphatic rings. The van der Waals surface area contributed by atoms with Crippen molar-refractivity contribution in [1.29, 1.82) is 0 Å². The van der Waals surface area contributed by atoms with Crippen LogP contribution < -0.4 is 5.46 Å². The van der Waals surface area contributed by atoms with E-state index in [1.807, 2.05) is 31.2 Å².